The largest absolute Gasteiger partial charge is 0.452 e. The molecule has 0 N–H and O–H groups in total. The van der Waals surface area contributed by atoms with Crippen LogP contribution < -0.4 is 4.90 Å². The first-order valence-electron chi connectivity index (χ1n) is 15.6. The average Bonchev–Trinajstić information content (AvgIpc) is 3.70. The lowest BCUT2D eigenvalue weighted by atomic mass is 9.93. The molecular formula is C42H25N3O2. The van der Waals surface area contributed by atoms with Crippen molar-refractivity contribution in [1.82, 2.24) is 9.97 Å². The predicted octanol–water partition coefficient (Wildman–Crippen LogP) is 11.7. The summed E-state index contributed by atoms with van der Waals surface area (Å²) in [6.07, 6.45) is 3.73. The van der Waals surface area contributed by atoms with Gasteiger partial charge in [0.1, 0.15) is 16.7 Å². The topological polar surface area (TPSA) is 55.3 Å². The van der Waals surface area contributed by atoms with Crippen molar-refractivity contribution in [2.24, 2.45) is 0 Å². The summed E-state index contributed by atoms with van der Waals surface area (Å²) < 4.78 is 12.6. The van der Waals surface area contributed by atoms with Gasteiger partial charge in [-0.3, -0.25) is 4.98 Å². The molecule has 47 heavy (non-hydrogen) atoms. The second kappa shape index (κ2) is 10.0. The van der Waals surface area contributed by atoms with Gasteiger partial charge in [0, 0.05) is 22.7 Å². The van der Waals surface area contributed by atoms with E-state index in [1.807, 2.05) is 54.9 Å². The smallest absolute Gasteiger partial charge is 0.227 e. The van der Waals surface area contributed by atoms with Crippen molar-refractivity contribution in [3.63, 3.8) is 0 Å². The van der Waals surface area contributed by atoms with Gasteiger partial charge >= 0.3 is 0 Å². The fraction of sp³-hybridized carbons (Fsp3) is 0. The lowest BCUT2D eigenvalue weighted by Gasteiger charge is -2.25. The molecule has 0 unspecified atom stereocenters. The molecular weight excluding hydrogens is 578 g/mol. The van der Waals surface area contributed by atoms with Gasteiger partial charge in [-0.2, -0.15) is 0 Å². The Bertz CT molecular complexity index is 2830. The van der Waals surface area contributed by atoms with Crippen LogP contribution >= 0.6 is 0 Å². The second-order valence-corrected chi connectivity index (χ2v) is 11.8. The minimum absolute atomic E-state index is 0.606. The molecule has 0 atom stereocenters. The molecule has 10 aromatic rings. The van der Waals surface area contributed by atoms with Gasteiger partial charge in [-0.15, -0.1) is 0 Å². The molecule has 10 rings (SSSR count). The number of furan rings is 2. The van der Waals surface area contributed by atoms with Gasteiger partial charge in [-0.1, -0.05) is 91.0 Å². The molecule has 0 bridgehead atoms. The van der Waals surface area contributed by atoms with Crippen LogP contribution in [0, 0.1) is 0 Å². The van der Waals surface area contributed by atoms with E-state index in [0.717, 1.165) is 55.5 Å². The van der Waals surface area contributed by atoms with Crippen molar-refractivity contribution in [3.05, 3.63) is 152 Å². The van der Waals surface area contributed by atoms with Crippen LogP contribution in [0.4, 0.5) is 17.1 Å². The van der Waals surface area contributed by atoms with Crippen molar-refractivity contribution >= 4 is 82.7 Å². The highest BCUT2D eigenvalue weighted by Crippen LogP contribution is 2.44. The van der Waals surface area contributed by atoms with E-state index < -0.39 is 0 Å². The van der Waals surface area contributed by atoms with Crippen LogP contribution in [0.2, 0.25) is 0 Å². The Balaban J connectivity index is 1.24. The Morgan fingerprint density at radius 2 is 1.21 bits per heavy atom. The van der Waals surface area contributed by atoms with Crippen molar-refractivity contribution in [3.8, 4) is 11.1 Å². The molecule has 5 nitrogen and oxygen atoms in total. The van der Waals surface area contributed by atoms with Gasteiger partial charge in [0.2, 0.25) is 5.71 Å². The molecule has 0 saturated heterocycles. The van der Waals surface area contributed by atoms with Crippen LogP contribution in [-0.4, -0.2) is 9.97 Å². The van der Waals surface area contributed by atoms with Crippen LogP contribution in [-0.2, 0) is 0 Å². The van der Waals surface area contributed by atoms with E-state index >= 15 is 0 Å². The molecule has 4 heterocycles. The molecule has 0 aliphatic heterocycles. The number of rotatable bonds is 4. The van der Waals surface area contributed by atoms with E-state index in [-0.39, 0.29) is 0 Å². The van der Waals surface area contributed by atoms with Gasteiger partial charge in [-0.25, -0.2) is 4.98 Å². The van der Waals surface area contributed by atoms with Crippen LogP contribution in [0.15, 0.2) is 161 Å². The molecule has 0 amide bonds. The molecule has 5 heteroatoms. The monoisotopic (exact) mass is 603 g/mol. The fourth-order valence-corrected chi connectivity index (χ4v) is 7.02. The predicted molar refractivity (Wildman–Crippen MR) is 192 cm³/mol. The first-order valence-corrected chi connectivity index (χ1v) is 15.6. The van der Waals surface area contributed by atoms with Crippen molar-refractivity contribution in [1.29, 1.82) is 0 Å². The molecule has 0 spiro atoms. The van der Waals surface area contributed by atoms with Gasteiger partial charge in [0.05, 0.1) is 23.0 Å². The summed E-state index contributed by atoms with van der Waals surface area (Å²) in [6.45, 7) is 0. The fourth-order valence-electron chi connectivity index (χ4n) is 7.02. The number of pyridine rings is 2. The maximum Gasteiger partial charge on any atom is 0.227 e. The van der Waals surface area contributed by atoms with Crippen LogP contribution in [0.5, 0.6) is 0 Å². The summed E-state index contributed by atoms with van der Waals surface area (Å²) in [4.78, 5) is 11.8. The molecule has 0 radical (unpaired) electrons. The summed E-state index contributed by atoms with van der Waals surface area (Å²) in [5, 5.41) is 7.87. The summed E-state index contributed by atoms with van der Waals surface area (Å²) in [5.41, 5.74) is 8.79. The van der Waals surface area contributed by atoms with Crippen molar-refractivity contribution in [2.75, 3.05) is 4.90 Å². The summed E-state index contributed by atoms with van der Waals surface area (Å²) in [5.74, 6) is 0. The molecule has 0 saturated carbocycles. The van der Waals surface area contributed by atoms with Crippen LogP contribution in [0.1, 0.15) is 0 Å². The molecule has 220 valence electrons. The average molecular weight is 604 g/mol. The maximum atomic E-state index is 6.53. The Labute approximate surface area is 268 Å². The van der Waals surface area contributed by atoms with E-state index in [9.17, 15) is 0 Å². The molecule has 4 aromatic heterocycles. The molecule has 6 aromatic carbocycles. The van der Waals surface area contributed by atoms with E-state index in [4.69, 9.17) is 18.8 Å². The maximum absolute atomic E-state index is 6.53. The lowest BCUT2D eigenvalue weighted by Crippen LogP contribution is -2.11. The SMILES string of the molecule is c1cc(-c2cc3ccccc3c3ccccc23)cc(N(c2cnc3oc4ccccc4c3c2)c2ccnc3c2oc2ccccc23)c1. The first-order chi connectivity index (χ1) is 23.3. The van der Waals surface area contributed by atoms with Gasteiger partial charge in [0.15, 0.2) is 5.58 Å². The number of para-hydroxylation sites is 2. The number of hydrogen-bond acceptors (Lipinski definition) is 5. The number of fused-ring (bicyclic) bond motifs is 9. The Morgan fingerprint density at radius 1 is 0.489 bits per heavy atom. The minimum Gasteiger partial charge on any atom is -0.452 e. The third-order valence-electron chi connectivity index (χ3n) is 9.14. The highest BCUT2D eigenvalue weighted by molar-refractivity contribution is 6.14. The van der Waals surface area contributed by atoms with Crippen LogP contribution in [0.3, 0.4) is 0 Å². The Morgan fingerprint density at radius 3 is 2.09 bits per heavy atom. The summed E-state index contributed by atoms with van der Waals surface area (Å²) in [6, 6.07) is 48.5. The zero-order valence-corrected chi connectivity index (χ0v) is 25.1. The van der Waals surface area contributed by atoms with E-state index in [1.165, 1.54) is 27.1 Å². The summed E-state index contributed by atoms with van der Waals surface area (Å²) >= 11 is 0. The molecule has 0 aliphatic rings. The zero-order valence-electron chi connectivity index (χ0n) is 25.1. The zero-order chi connectivity index (χ0) is 30.9. The second-order valence-electron chi connectivity index (χ2n) is 11.8. The first kappa shape index (κ1) is 25.8. The number of hydrogen-bond donors (Lipinski definition) is 0. The van der Waals surface area contributed by atoms with Crippen molar-refractivity contribution < 1.29 is 8.83 Å². The van der Waals surface area contributed by atoms with E-state index in [1.54, 1.807) is 0 Å². The normalized spacial score (nSPS) is 11.8. The Hall–Kier alpha value is -6.46. The molecule has 0 aliphatic carbocycles. The van der Waals surface area contributed by atoms with Gasteiger partial charge in [0.25, 0.3) is 0 Å². The van der Waals surface area contributed by atoms with Crippen molar-refractivity contribution in [2.45, 2.75) is 0 Å². The number of anilines is 3. The lowest BCUT2D eigenvalue weighted by molar-refractivity contribution is 0.654. The highest BCUT2D eigenvalue weighted by Gasteiger charge is 2.22. The quantitative estimate of drug-likeness (QED) is 0.187. The standard InChI is InChI=1S/C42H25N3O2/c1-2-13-30-27(10-1)23-35(32-15-4-3-14-31(30)32)26-11-9-12-28(22-26)45(29-24-36-33-16-5-7-18-38(33)47-42(36)44-25-29)37-20-21-43-40-34-17-6-8-19-39(34)46-41(37)40/h1-25H. The highest BCUT2D eigenvalue weighted by atomic mass is 16.3. The number of benzene rings is 6. The van der Waals surface area contributed by atoms with Crippen LogP contribution in [0.25, 0.3) is 76.8 Å². The Kier molecular flexibility index (Phi) is 5.51. The third-order valence-corrected chi connectivity index (χ3v) is 9.14. The molecule has 0 fully saturated rings. The third kappa shape index (κ3) is 3.97. The summed E-state index contributed by atoms with van der Waals surface area (Å²) in [7, 11) is 0. The van der Waals surface area contributed by atoms with Gasteiger partial charge in [-0.05, 0) is 81.2 Å². The number of nitrogens with zero attached hydrogens (tertiary/aromatic N) is 3. The van der Waals surface area contributed by atoms with Gasteiger partial charge < -0.3 is 13.7 Å². The van der Waals surface area contributed by atoms with E-state index in [0.29, 0.717) is 11.3 Å². The van der Waals surface area contributed by atoms with E-state index in [2.05, 4.69) is 102 Å². The number of aromatic nitrogens is 2. The minimum atomic E-state index is 0.606.